The van der Waals surface area contributed by atoms with Crippen LogP contribution >= 0.6 is 0 Å². The van der Waals surface area contributed by atoms with Crippen LogP contribution in [0.25, 0.3) is 5.65 Å². The Bertz CT molecular complexity index is 1090. The van der Waals surface area contributed by atoms with E-state index < -0.39 is 10.9 Å². The number of fused-ring (bicyclic) bond motifs is 1. The van der Waals surface area contributed by atoms with E-state index in [1.807, 2.05) is 13.0 Å². The molecule has 2 aromatic heterocycles. The Morgan fingerprint density at radius 3 is 2.73 bits per heavy atom. The highest BCUT2D eigenvalue weighted by Crippen LogP contribution is 2.20. The van der Waals surface area contributed by atoms with E-state index >= 15 is 0 Å². The Balaban J connectivity index is 1.83. The molecule has 0 radical (unpaired) electrons. The SMILES string of the molecule is Cc1ccc(C(=O)OCc2cc(=O)n3cccc(C)c3n2)cc1[N+](=O)[O-]. The first-order valence-electron chi connectivity index (χ1n) is 7.77. The summed E-state index contributed by atoms with van der Waals surface area (Å²) in [6, 6.07) is 8.97. The van der Waals surface area contributed by atoms with E-state index in [1.165, 1.54) is 28.7 Å². The standard InChI is InChI=1S/C18H15N3O5/c1-11-5-6-13(8-15(11)21(24)25)18(23)26-10-14-9-16(22)20-7-3-4-12(2)17(20)19-14/h3-9H,10H2,1-2H3. The molecule has 3 aromatic rings. The summed E-state index contributed by atoms with van der Waals surface area (Å²) < 4.78 is 6.57. The number of esters is 1. The molecule has 0 unspecified atom stereocenters. The van der Waals surface area contributed by atoms with Crippen molar-refractivity contribution in [3.05, 3.63) is 85.4 Å². The van der Waals surface area contributed by atoms with Crippen LogP contribution in [-0.2, 0) is 11.3 Å². The first-order valence-corrected chi connectivity index (χ1v) is 7.77. The van der Waals surface area contributed by atoms with Crippen molar-refractivity contribution in [3.8, 4) is 0 Å². The van der Waals surface area contributed by atoms with Gasteiger partial charge < -0.3 is 4.74 Å². The van der Waals surface area contributed by atoms with Gasteiger partial charge in [0.1, 0.15) is 12.3 Å². The number of carbonyl (C=O) groups is 1. The maximum Gasteiger partial charge on any atom is 0.338 e. The van der Waals surface area contributed by atoms with Crippen LogP contribution in [0.2, 0.25) is 0 Å². The van der Waals surface area contributed by atoms with E-state index in [0.29, 0.717) is 16.9 Å². The maximum atomic E-state index is 12.2. The van der Waals surface area contributed by atoms with Gasteiger partial charge in [0, 0.05) is 23.9 Å². The molecule has 0 N–H and O–H groups in total. The van der Waals surface area contributed by atoms with Gasteiger partial charge in [-0.3, -0.25) is 19.3 Å². The fourth-order valence-electron chi connectivity index (χ4n) is 2.54. The molecule has 26 heavy (non-hydrogen) atoms. The lowest BCUT2D eigenvalue weighted by atomic mass is 10.1. The van der Waals surface area contributed by atoms with Crippen molar-refractivity contribution in [2.75, 3.05) is 0 Å². The van der Waals surface area contributed by atoms with Crippen molar-refractivity contribution in [1.82, 2.24) is 9.38 Å². The number of hydrogen-bond acceptors (Lipinski definition) is 6. The topological polar surface area (TPSA) is 104 Å². The lowest BCUT2D eigenvalue weighted by Gasteiger charge is -2.08. The third-order valence-corrected chi connectivity index (χ3v) is 3.93. The fourth-order valence-corrected chi connectivity index (χ4v) is 2.54. The van der Waals surface area contributed by atoms with Gasteiger partial charge in [-0.05, 0) is 31.5 Å². The second kappa shape index (κ2) is 6.75. The van der Waals surface area contributed by atoms with Crippen molar-refractivity contribution >= 4 is 17.3 Å². The molecular weight excluding hydrogens is 338 g/mol. The van der Waals surface area contributed by atoms with Gasteiger partial charge >= 0.3 is 5.97 Å². The first-order chi connectivity index (χ1) is 12.4. The predicted octanol–water partition coefficient (Wildman–Crippen LogP) is 2.58. The van der Waals surface area contributed by atoms with Crippen molar-refractivity contribution in [2.45, 2.75) is 20.5 Å². The number of nitro groups is 1. The number of benzene rings is 1. The summed E-state index contributed by atoms with van der Waals surface area (Å²) in [6.07, 6.45) is 1.61. The molecule has 1 aromatic carbocycles. The summed E-state index contributed by atoms with van der Waals surface area (Å²) in [7, 11) is 0. The van der Waals surface area contributed by atoms with Crippen molar-refractivity contribution < 1.29 is 14.5 Å². The zero-order valence-corrected chi connectivity index (χ0v) is 14.1. The molecule has 8 heteroatoms. The molecule has 8 nitrogen and oxygen atoms in total. The van der Waals surface area contributed by atoms with Crippen LogP contribution in [0.1, 0.15) is 27.2 Å². The predicted molar refractivity (Wildman–Crippen MR) is 93.2 cm³/mol. The van der Waals surface area contributed by atoms with Gasteiger partial charge in [0.25, 0.3) is 11.2 Å². The molecule has 0 spiro atoms. The van der Waals surface area contributed by atoms with Crippen molar-refractivity contribution in [2.24, 2.45) is 0 Å². The van der Waals surface area contributed by atoms with E-state index in [2.05, 4.69) is 4.98 Å². The van der Waals surface area contributed by atoms with Gasteiger partial charge in [0.15, 0.2) is 0 Å². The Morgan fingerprint density at radius 2 is 2.00 bits per heavy atom. The quantitative estimate of drug-likeness (QED) is 0.406. The number of nitrogens with zero attached hydrogens (tertiary/aromatic N) is 3. The van der Waals surface area contributed by atoms with Crippen molar-refractivity contribution in [3.63, 3.8) is 0 Å². The van der Waals surface area contributed by atoms with Crippen LogP contribution in [0.15, 0.2) is 47.4 Å². The summed E-state index contributed by atoms with van der Waals surface area (Å²) in [5.74, 6) is -0.722. The molecule has 132 valence electrons. The van der Waals surface area contributed by atoms with E-state index in [-0.39, 0.29) is 23.4 Å². The van der Waals surface area contributed by atoms with Crippen LogP contribution < -0.4 is 5.56 Å². The average molecular weight is 353 g/mol. The van der Waals surface area contributed by atoms with Gasteiger partial charge in [-0.25, -0.2) is 9.78 Å². The highest BCUT2D eigenvalue weighted by molar-refractivity contribution is 5.90. The minimum absolute atomic E-state index is 0.0657. The zero-order valence-electron chi connectivity index (χ0n) is 14.1. The van der Waals surface area contributed by atoms with E-state index in [0.717, 1.165) is 5.56 Å². The second-order valence-electron chi connectivity index (χ2n) is 5.81. The van der Waals surface area contributed by atoms with E-state index in [1.54, 1.807) is 19.2 Å². The summed E-state index contributed by atoms with van der Waals surface area (Å²) in [4.78, 5) is 39.1. The van der Waals surface area contributed by atoms with Crippen LogP contribution in [0, 0.1) is 24.0 Å². The Labute approximate surface area is 147 Å². The van der Waals surface area contributed by atoms with Crippen molar-refractivity contribution in [1.29, 1.82) is 0 Å². The number of carbonyl (C=O) groups excluding carboxylic acids is 1. The minimum atomic E-state index is -0.722. The first kappa shape index (κ1) is 17.3. The molecule has 2 heterocycles. The molecular formula is C18H15N3O5. The Kier molecular flexibility index (Phi) is 4.49. The molecule has 0 aliphatic carbocycles. The summed E-state index contributed by atoms with van der Waals surface area (Å²) in [6.45, 7) is 3.20. The van der Waals surface area contributed by atoms with Crippen LogP contribution in [0.5, 0.6) is 0 Å². The highest BCUT2D eigenvalue weighted by Gasteiger charge is 2.16. The fraction of sp³-hybridized carbons (Fsp3) is 0.167. The molecule has 0 bridgehead atoms. The Hall–Kier alpha value is -3.55. The number of pyridine rings is 1. The number of ether oxygens (including phenoxy) is 1. The number of nitro benzene ring substituents is 1. The molecule has 0 saturated heterocycles. The molecule has 0 atom stereocenters. The smallest absolute Gasteiger partial charge is 0.338 e. The van der Waals surface area contributed by atoms with Gasteiger partial charge in [-0.15, -0.1) is 0 Å². The van der Waals surface area contributed by atoms with Gasteiger partial charge in [-0.2, -0.15) is 0 Å². The van der Waals surface area contributed by atoms with E-state index in [4.69, 9.17) is 4.74 Å². The normalized spacial score (nSPS) is 10.7. The third kappa shape index (κ3) is 3.30. The Morgan fingerprint density at radius 1 is 1.23 bits per heavy atom. The highest BCUT2D eigenvalue weighted by atomic mass is 16.6. The number of hydrogen-bond donors (Lipinski definition) is 0. The van der Waals surface area contributed by atoms with Crippen LogP contribution in [0.4, 0.5) is 5.69 Å². The molecule has 0 aliphatic heterocycles. The summed E-state index contributed by atoms with van der Waals surface area (Å²) >= 11 is 0. The molecule has 0 fully saturated rings. The van der Waals surface area contributed by atoms with Gasteiger partial charge in [0.2, 0.25) is 0 Å². The molecule has 3 rings (SSSR count). The average Bonchev–Trinajstić information content (AvgIpc) is 2.60. The summed E-state index contributed by atoms with van der Waals surface area (Å²) in [5.41, 5.74) is 1.68. The number of aryl methyl sites for hydroxylation is 2. The largest absolute Gasteiger partial charge is 0.456 e. The molecule has 0 saturated carbocycles. The van der Waals surface area contributed by atoms with E-state index in [9.17, 15) is 19.7 Å². The van der Waals surface area contributed by atoms with Gasteiger partial charge in [0.05, 0.1) is 16.2 Å². The second-order valence-corrected chi connectivity index (χ2v) is 5.81. The zero-order chi connectivity index (χ0) is 18.8. The summed E-state index contributed by atoms with van der Waals surface area (Å²) in [5, 5.41) is 11.0. The molecule has 0 amide bonds. The molecule has 0 aliphatic rings. The number of rotatable bonds is 4. The minimum Gasteiger partial charge on any atom is -0.456 e. The third-order valence-electron chi connectivity index (χ3n) is 3.93. The number of aromatic nitrogens is 2. The van der Waals surface area contributed by atoms with Gasteiger partial charge in [-0.1, -0.05) is 12.1 Å². The maximum absolute atomic E-state index is 12.2. The van der Waals surface area contributed by atoms with Crippen LogP contribution in [0.3, 0.4) is 0 Å². The lowest BCUT2D eigenvalue weighted by molar-refractivity contribution is -0.385. The lowest BCUT2D eigenvalue weighted by Crippen LogP contribution is -2.17. The monoisotopic (exact) mass is 353 g/mol. The van der Waals surface area contributed by atoms with Crippen LogP contribution in [-0.4, -0.2) is 20.3 Å².